The fourth-order valence-corrected chi connectivity index (χ4v) is 2.75. The van der Waals surface area contributed by atoms with Crippen LogP contribution in [0.3, 0.4) is 0 Å². The number of hydrogen-bond donors (Lipinski definition) is 2. The van der Waals surface area contributed by atoms with E-state index in [0.717, 1.165) is 25.3 Å². The normalized spacial score (nSPS) is 24.4. The molecule has 0 bridgehead atoms. The van der Waals surface area contributed by atoms with Gasteiger partial charge in [-0.2, -0.15) is 0 Å². The van der Waals surface area contributed by atoms with Gasteiger partial charge >= 0.3 is 0 Å². The molecule has 2 atom stereocenters. The minimum absolute atomic E-state index is 0.353. The standard InChI is InChI=1S/C13H23N3O/c1-16-8-7-15-13(16)5-6-14-9-11-3-2-4-12(11)10-17/h7-8,11-12,14,17H,2-6,9-10H2,1H3. The summed E-state index contributed by atoms with van der Waals surface area (Å²) in [4.78, 5) is 4.30. The van der Waals surface area contributed by atoms with E-state index in [1.807, 2.05) is 19.4 Å². The third-order valence-corrected chi connectivity index (χ3v) is 3.90. The van der Waals surface area contributed by atoms with E-state index in [0.29, 0.717) is 18.4 Å². The zero-order chi connectivity index (χ0) is 12.1. The number of hydrogen-bond acceptors (Lipinski definition) is 3. The van der Waals surface area contributed by atoms with Crippen LogP contribution in [0.25, 0.3) is 0 Å². The minimum Gasteiger partial charge on any atom is -0.396 e. The Morgan fingerprint density at radius 2 is 2.29 bits per heavy atom. The van der Waals surface area contributed by atoms with E-state index in [1.54, 1.807) is 0 Å². The molecule has 1 aromatic rings. The maximum Gasteiger partial charge on any atom is 0.109 e. The van der Waals surface area contributed by atoms with Gasteiger partial charge in [0, 0.05) is 39.0 Å². The van der Waals surface area contributed by atoms with Crippen LogP contribution < -0.4 is 5.32 Å². The molecular formula is C13H23N3O. The molecule has 0 spiro atoms. The van der Waals surface area contributed by atoms with Gasteiger partial charge in [-0.15, -0.1) is 0 Å². The molecule has 0 radical (unpaired) electrons. The third kappa shape index (κ3) is 3.30. The van der Waals surface area contributed by atoms with Gasteiger partial charge in [0.1, 0.15) is 5.82 Å². The molecule has 1 aromatic heterocycles. The van der Waals surface area contributed by atoms with Gasteiger partial charge in [-0.25, -0.2) is 4.98 Å². The predicted molar refractivity (Wildman–Crippen MR) is 67.7 cm³/mol. The molecule has 1 fully saturated rings. The zero-order valence-electron chi connectivity index (χ0n) is 10.6. The number of aryl methyl sites for hydroxylation is 1. The molecular weight excluding hydrogens is 214 g/mol. The molecule has 2 unspecified atom stereocenters. The van der Waals surface area contributed by atoms with Gasteiger partial charge in [-0.3, -0.25) is 0 Å². The second kappa shape index (κ2) is 6.17. The lowest BCUT2D eigenvalue weighted by atomic mass is 9.97. The summed E-state index contributed by atoms with van der Waals surface area (Å²) in [6.45, 7) is 2.36. The second-order valence-corrected chi connectivity index (χ2v) is 5.04. The Balaban J connectivity index is 1.65. The van der Waals surface area contributed by atoms with Crippen molar-refractivity contribution in [2.24, 2.45) is 18.9 Å². The number of rotatable bonds is 6. The Bertz CT molecular complexity index is 337. The van der Waals surface area contributed by atoms with Crippen LogP contribution in [0.5, 0.6) is 0 Å². The van der Waals surface area contributed by atoms with Crippen LogP contribution in [0.4, 0.5) is 0 Å². The third-order valence-electron chi connectivity index (χ3n) is 3.90. The molecule has 2 rings (SSSR count). The van der Waals surface area contributed by atoms with Gasteiger partial charge < -0.3 is 15.0 Å². The Labute approximate surface area is 103 Å². The van der Waals surface area contributed by atoms with Crippen molar-refractivity contribution in [1.29, 1.82) is 0 Å². The van der Waals surface area contributed by atoms with E-state index in [4.69, 9.17) is 0 Å². The average molecular weight is 237 g/mol. The molecule has 96 valence electrons. The molecule has 1 saturated carbocycles. The maximum atomic E-state index is 9.24. The van der Waals surface area contributed by atoms with Crippen LogP contribution in [0.2, 0.25) is 0 Å². The van der Waals surface area contributed by atoms with Crippen molar-refractivity contribution in [1.82, 2.24) is 14.9 Å². The molecule has 4 nitrogen and oxygen atoms in total. The first-order valence-corrected chi connectivity index (χ1v) is 6.59. The topological polar surface area (TPSA) is 50.1 Å². The van der Waals surface area contributed by atoms with E-state index in [1.165, 1.54) is 19.3 Å². The lowest BCUT2D eigenvalue weighted by Gasteiger charge is -2.17. The Morgan fingerprint density at radius 1 is 1.47 bits per heavy atom. The van der Waals surface area contributed by atoms with Gasteiger partial charge in [0.05, 0.1) is 0 Å². The molecule has 1 aliphatic rings. The largest absolute Gasteiger partial charge is 0.396 e. The fourth-order valence-electron chi connectivity index (χ4n) is 2.75. The van der Waals surface area contributed by atoms with Crippen LogP contribution in [0.1, 0.15) is 25.1 Å². The number of aromatic nitrogens is 2. The summed E-state index contributed by atoms with van der Waals surface area (Å²) < 4.78 is 2.06. The molecule has 1 aliphatic carbocycles. The summed E-state index contributed by atoms with van der Waals surface area (Å²) in [5, 5.41) is 12.7. The highest BCUT2D eigenvalue weighted by molar-refractivity contribution is 4.91. The van der Waals surface area contributed by atoms with E-state index in [2.05, 4.69) is 14.9 Å². The fraction of sp³-hybridized carbons (Fsp3) is 0.769. The van der Waals surface area contributed by atoms with Crippen molar-refractivity contribution in [3.63, 3.8) is 0 Å². The number of nitrogens with zero attached hydrogens (tertiary/aromatic N) is 2. The van der Waals surface area contributed by atoms with Gasteiger partial charge in [0.2, 0.25) is 0 Å². The van der Waals surface area contributed by atoms with Crippen molar-refractivity contribution in [2.45, 2.75) is 25.7 Å². The molecule has 1 heterocycles. The van der Waals surface area contributed by atoms with Gasteiger partial charge in [0.25, 0.3) is 0 Å². The van der Waals surface area contributed by atoms with E-state index < -0.39 is 0 Å². The van der Waals surface area contributed by atoms with Crippen molar-refractivity contribution in [2.75, 3.05) is 19.7 Å². The second-order valence-electron chi connectivity index (χ2n) is 5.04. The summed E-state index contributed by atoms with van der Waals surface area (Å²) in [7, 11) is 2.03. The summed E-state index contributed by atoms with van der Waals surface area (Å²) in [5.74, 6) is 2.32. The minimum atomic E-state index is 0.353. The number of aliphatic hydroxyl groups is 1. The van der Waals surface area contributed by atoms with Crippen molar-refractivity contribution >= 4 is 0 Å². The smallest absolute Gasteiger partial charge is 0.109 e. The molecule has 0 aliphatic heterocycles. The monoisotopic (exact) mass is 237 g/mol. The first-order valence-electron chi connectivity index (χ1n) is 6.59. The number of imidazole rings is 1. The summed E-state index contributed by atoms with van der Waals surface area (Å²) >= 11 is 0. The average Bonchev–Trinajstić information content (AvgIpc) is 2.93. The van der Waals surface area contributed by atoms with Crippen LogP contribution >= 0.6 is 0 Å². The highest BCUT2D eigenvalue weighted by Gasteiger charge is 2.25. The molecule has 0 amide bonds. The predicted octanol–water partition coefficient (Wildman–Crippen LogP) is 0.961. The van der Waals surface area contributed by atoms with Gasteiger partial charge in [-0.05, 0) is 31.2 Å². The number of aliphatic hydroxyl groups excluding tert-OH is 1. The van der Waals surface area contributed by atoms with Crippen molar-refractivity contribution < 1.29 is 5.11 Å². The van der Waals surface area contributed by atoms with Crippen LogP contribution in [0.15, 0.2) is 12.4 Å². The SMILES string of the molecule is Cn1ccnc1CCNCC1CCCC1CO. The molecule has 0 aromatic carbocycles. The Kier molecular flexibility index (Phi) is 4.57. The van der Waals surface area contributed by atoms with Gasteiger partial charge in [0.15, 0.2) is 0 Å². The first-order chi connectivity index (χ1) is 8.31. The maximum absolute atomic E-state index is 9.24. The molecule has 2 N–H and O–H groups in total. The summed E-state index contributed by atoms with van der Waals surface area (Å²) in [5.41, 5.74) is 0. The highest BCUT2D eigenvalue weighted by Crippen LogP contribution is 2.30. The Morgan fingerprint density at radius 3 is 3.00 bits per heavy atom. The van der Waals surface area contributed by atoms with Crippen LogP contribution in [-0.4, -0.2) is 34.4 Å². The van der Waals surface area contributed by atoms with Crippen LogP contribution in [-0.2, 0) is 13.5 Å². The van der Waals surface area contributed by atoms with E-state index in [-0.39, 0.29) is 0 Å². The van der Waals surface area contributed by atoms with Crippen molar-refractivity contribution in [3.05, 3.63) is 18.2 Å². The van der Waals surface area contributed by atoms with E-state index in [9.17, 15) is 5.11 Å². The molecule has 17 heavy (non-hydrogen) atoms. The van der Waals surface area contributed by atoms with Crippen LogP contribution in [0, 0.1) is 11.8 Å². The highest BCUT2D eigenvalue weighted by atomic mass is 16.3. The quantitative estimate of drug-likeness (QED) is 0.725. The molecule has 4 heteroatoms. The van der Waals surface area contributed by atoms with E-state index >= 15 is 0 Å². The lowest BCUT2D eigenvalue weighted by Crippen LogP contribution is -2.28. The lowest BCUT2D eigenvalue weighted by molar-refractivity contribution is 0.192. The Hall–Kier alpha value is -0.870. The summed E-state index contributed by atoms with van der Waals surface area (Å²) in [6.07, 6.45) is 8.53. The van der Waals surface area contributed by atoms with Crippen molar-refractivity contribution in [3.8, 4) is 0 Å². The zero-order valence-corrected chi connectivity index (χ0v) is 10.6. The van der Waals surface area contributed by atoms with Gasteiger partial charge in [-0.1, -0.05) is 6.42 Å². The summed E-state index contributed by atoms with van der Waals surface area (Å²) in [6, 6.07) is 0. The first kappa shape index (κ1) is 12.6. The number of nitrogens with one attached hydrogen (secondary N) is 1. The molecule has 0 saturated heterocycles.